The Morgan fingerprint density at radius 2 is 1.74 bits per heavy atom. The highest BCUT2D eigenvalue weighted by Crippen LogP contribution is 2.30. The number of likely N-dealkylation sites (tertiary alicyclic amines) is 1. The highest BCUT2D eigenvalue weighted by Gasteiger charge is 2.32. The summed E-state index contributed by atoms with van der Waals surface area (Å²) in [4.78, 5) is 15.3. The lowest BCUT2D eigenvalue weighted by Gasteiger charge is -2.37. The number of benzene rings is 2. The monoisotopic (exact) mass is 565 g/mol. The summed E-state index contributed by atoms with van der Waals surface area (Å²) in [6.07, 6.45) is 2.23. The summed E-state index contributed by atoms with van der Waals surface area (Å²) in [5.74, 6) is -0.679. The molecule has 2 aromatic carbocycles. The second-order valence-corrected chi connectivity index (χ2v) is 12.5. The minimum Gasteiger partial charge on any atom is -0.351 e. The van der Waals surface area contributed by atoms with Gasteiger partial charge in [0.05, 0.1) is 37.4 Å². The zero-order chi connectivity index (χ0) is 25.0. The molecule has 0 aliphatic carbocycles. The quantitative estimate of drug-likeness (QED) is 0.475. The third-order valence-corrected chi connectivity index (χ3v) is 9.25. The van der Waals surface area contributed by atoms with Crippen LogP contribution in [-0.2, 0) is 21.2 Å². The Morgan fingerprint density at radius 1 is 1.09 bits per heavy atom. The van der Waals surface area contributed by atoms with Crippen LogP contribution in [0.25, 0.3) is 0 Å². The molecule has 0 bridgehead atoms. The molecule has 1 amide bonds. The van der Waals surface area contributed by atoms with Crippen LogP contribution in [0.4, 0.5) is 0 Å². The highest BCUT2D eigenvalue weighted by atomic mass is 35.5. The standard InChI is InChI=1S/C23H27Cl4N3O3S/c1-34(32,33)16-6-8-30(22(28)12-16)9-7-17(15-3-5-19(25)21(27)11-15)23(31)29-13-14-2-4-18(24)20(26)10-14/h2-5,10-11,16-17,22H,6-9,12-13,28H2,1H3,(H,29,31). The molecule has 11 heteroatoms. The molecular formula is C23H27Cl4N3O3S. The minimum atomic E-state index is -3.13. The Labute approximate surface area is 220 Å². The molecule has 1 fully saturated rings. The number of halogens is 4. The Bertz CT molecular complexity index is 1150. The molecule has 6 nitrogen and oxygen atoms in total. The van der Waals surface area contributed by atoms with Crippen LogP contribution >= 0.6 is 46.4 Å². The molecule has 34 heavy (non-hydrogen) atoms. The Balaban J connectivity index is 1.71. The maximum Gasteiger partial charge on any atom is 0.227 e. The first kappa shape index (κ1) is 27.5. The van der Waals surface area contributed by atoms with E-state index in [9.17, 15) is 13.2 Å². The van der Waals surface area contributed by atoms with Gasteiger partial charge in [0.2, 0.25) is 5.91 Å². The number of hydrogen-bond acceptors (Lipinski definition) is 5. The third-order valence-electron chi connectivity index (χ3n) is 6.14. The second-order valence-electron chi connectivity index (χ2n) is 8.56. The highest BCUT2D eigenvalue weighted by molar-refractivity contribution is 7.91. The van der Waals surface area contributed by atoms with Crippen molar-refractivity contribution >= 4 is 62.1 Å². The fourth-order valence-corrected chi connectivity index (χ4v) is 5.82. The maximum atomic E-state index is 13.2. The largest absolute Gasteiger partial charge is 0.351 e. The van der Waals surface area contributed by atoms with Crippen LogP contribution in [0.1, 0.15) is 36.3 Å². The zero-order valence-corrected chi connectivity index (χ0v) is 22.4. The molecule has 1 aliphatic rings. The van der Waals surface area contributed by atoms with E-state index in [0.717, 1.165) is 11.1 Å². The molecule has 1 saturated heterocycles. The van der Waals surface area contributed by atoms with Gasteiger partial charge in [-0.3, -0.25) is 9.69 Å². The number of hydrogen-bond donors (Lipinski definition) is 2. The predicted molar refractivity (Wildman–Crippen MR) is 140 cm³/mol. The van der Waals surface area contributed by atoms with Crippen molar-refractivity contribution in [3.8, 4) is 0 Å². The van der Waals surface area contributed by atoms with Gasteiger partial charge >= 0.3 is 0 Å². The summed E-state index contributed by atoms with van der Waals surface area (Å²) in [6.45, 7) is 1.37. The number of nitrogens with two attached hydrogens (primary N) is 1. The molecule has 3 atom stereocenters. The number of carbonyl (C=O) groups excluding carboxylic acids is 1. The lowest BCUT2D eigenvalue weighted by molar-refractivity contribution is -0.123. The van der Waals surface area contributed by atoms with Gasteiger partial charge in [-0.15, -0.1) is 0 Å². The number of nitrogens with one attached hydrogen (secondary N) is 1. The molecular weight excluding hydrogens is 540 g/mol. The summed E-state index contributed by atoms with van der Waals surface area (Å²) in [7, 11) is -3.13. The van der Waals surface area contributed by atoms with Crippen molar-refractivity contribution in [2.75, 3.05) is 19.3 Å². The van der Waals surface area contributed by atoms with E-state index in [4.69, 9.17) is 52.1 Å². The SMILES string of the molecule is CS(=O)(=O)C1CCN(CCC(C(=O)NCc2ccc(Cl)c(Cl)c2)c2ccc(Cl)c(Cl)c2)C(N)C1. The molecule has 0 aromatic heterocycles. The van der Waals surface area contributed by atoms with E-state index in [2.05, 4.69) is 5.32 Å². The van der Waals surface area contributed by atoms with Crippen molar-refractivity contribution in [2.45, 2.75) is 43.1 Å². The van der Waals surface area contributed by atoms with Gasteiger partial charge in [0.25, 0.3) is 0 Å². The fraction of sp³-hybridized carbons (Fsp3) is 0.435. The number of amides is 1. The molecule has 186 valence electrons. The zero-order valence-electron chi connectivity index (χ0n) is 18.6. The lowest BCUT2D eigenvalue weighted by Crippen LogP contribution is -2.51. The Kier molecular flexibility index (Phi) is 9.54. The second kappa shape index (κ2) is 11.8. The first-order valence-corrected chi connectivity index (χ1v) is 14.3. The van der Waals surface area contributed by atoms with Gasteiger partial charge in [-0.05, 0) is 54.7 Å². The van der Waals surface area contributed by atoms with Crippen molar-refractivity contribution in [2.24, 2.45) is 5.73 Å². The van der Waals surface area contributed by atoms with E-state index in [1.807, 2.05) is 4.90 Å². The normalized spacial score (nSPS) is 20.2. The molecule has 1 heterocycles. The van der Waals surface area contributed by atoms with Crippen LogP contribution < -0.4 is 11.1 Å². The molecule has 1 aliphatic heterocycles. The van der Waals surface area contributed by atoms with Crippen LogP contribution in [0.2, 0.25) is 20.1 Å². The van der Waals surface area contributed by atoms with E-state index < -0.39 is 21.0 Å². The number of rotatable bonds is 8. The van der Waals surface area contributed by atoms with Gasteiger partial charge in [-0.1, -0.05) is 58.5 Å². The molecule has 2 aromatic rings. The van der Waals surface area contributed by atoms with Gasteiger partial charge in [-0.2, -0.15) is 0 Å². The number of piperidine rings is 1. The molecule has 0 spiro atoms. The first-order chi connectivity index (χ1) is 16.0. The van der Waals surface area contributed by atoms with Gasteiger partial charge in [-0.25, -0.2) is 8.42 Å². The van der Waals surface area contributed by atoms with E-state index in [1.54, 1.807) is 36.4 Å². The average Bonchev–Trinajstić information content (AvgIpc) is 2.77. The van der Waals surface area contributed by atoms with Crippen molar-refractivity contribution in [1.82, 2.24) is 10.2 Å². The molecule has 0 saturated carbocycles. The van der Waals surface area contributed by atoms with Crippen LogP contribution in [0, 0.1) is 0 Å². The lowest BCUT2D eigenvalue weighted by atomic mass is 9.93. The minimum absolute atomic E-state index is 0.177. The molecule has 3 N–H and O–H groups in total. The van der Waals surface area contributed by atoms with Gasteiger partial charge in [0.1, 0.15) is 9.84 Å². The fourth-order valence-electron chi connectivity index (χ4n) is 4.11. The summed E-state index contributed by atoms with van der Waals surface area (Å²) >= 11 is 24.3. The van der Waals surface area contributed by atoms with Crippen molar-refractivity contribution < 1.29 is 13.2 Å². The van der Waals surface area contributed by atoms with Crippen molar-refractivity contribution in [1.29, 1.82) is 0 Å². The third kappa shape index (κ3) is 7.23. The van der Waals surface area contributed by atoms with E-state index in [1.165, 1.54) is 6.26 Å². The molecule has 3 unspecified atom stereocenters. The van der Waals surface area contributed by atoms with E-state index in [0.29, 0.717) is 52.4 Å². The van der Waals surface area contributed by atoms with Crippen LogP contribution in [0.15, 0.2) is 36.4 Å². The summed E-state index contributed by atoms with van der Waals surface area (Å²) in [5.41, 5.74) is 7.83. The van der Waals surface area contributed by atoms with Crippen LogP contribution in [0.5, 0.6) is 0 Å². The number of carbonyl (C=O) groups is 1. The van der Waals surface area contributed by atoms with Crippen LogP contribution in [-0.4, -0.2) is 50.0 Å². The number of sulfone groups is 1. The van der Waals surface area contributed by atoms with Crippen molar-refractivity contribution in [3.63, 3.8) is 0 Å². The summed E-state index contributed by atoms with van der Waals surface area (Å²) < 4.78 is 23.8. The Morgan fingerprint density at radius 3 is 2.32 bits per heavy atom. The summed E-state index contributed by atoms with van der Waals surface area (Å²) in [6, 6.07) is 10.3. The van der Waals surface area contributed by atoms with E-state index in [-0.39, 0.29) is 18.6 Å². The van der Waals surface area contributed by atoms with Gasteiger partial charge < -0.3 is 11.1 Å². The van der Waals surface area contributed by atoms with Crippen LogP contribution in [0.3, 0.4) is 0 Å². The maximum absolute atomic E-state index is 13.2. The first-order valence-electron chi connectivity index (χ1n) is 10.8. The van der Waals surface area contributed by atoms with E-state index >= 15 is 0 Å². The van der Waals surface area contributed by atoms with Gasteiger partial charge in [0, 0.05) is 25.9 Å². The van der Waals surface area contributed by atoms with Crippen molar-refractivity contribution in [3.05, 3.63) is 67.6 Å². The number of nitrogens with zero attached hydrogens (tertiary/aromatic N) is 1. The topological polar surface area (TPSA) is 92.5 Å². The summed E-state index contributed by atoms with van der Waals surface area (Å²) in [5, 5.41) is 4.17. The molecule has 0 radical (unpaired) electrons. The molecule has 3 rings (SSSR count). The Hall–Kier alpha value is -1.06. The van der Waals surface area contributed by atoms with Gasteiger partial charge in [0.15, 0.2) is 0 Å². The average molecular weight is 567 g/mol. The predicted octanol–water partition coefficient (Wildman–Crippen LogP) is 4.88. The smallest absolute Gasteiger partial charge is 0.227 e.